The minimum absolute atomic E-state index is 0.392. The van der Waals surface area contributed by atoms with Crippen molar-refractivity contribution in [3.63, 3.8) is 0 Å². The van der Waals surface area contributed by atoms with E-state index in [1.807, 2.05) is 37.3 Å². The van der Waals surface area contributed by atoms with Gasteiger partial charge in [0.15, 0.2) is 0 Å². The van der Waals surface area contributed by atoms with E-state index in [2.05, 4.69) is 20.5 Å². The molecule has 0 unspecified atom stereocenters. The van der Waals surface area contributed by atoms with Crippen LogP contribution < -0.4 is 15.4 Å². The summed E-state index contributed by atoms with van der Waals surface area (Å²) < 4.78 is 5.43. The van der Waals surface area contributed by atoms with Crippen molar-refractivity contribution in [1.82, 2.24) is 10.2 Å². The molecule has 2 amide bonds. The summed E-state index contributed by atoms with van der Waals surface area (Å²) in [6, 6.07) is 17.5. The lowest BCUT2D eigenvalue weighted by atomic mass is 10.1. The number of carbonyl (C=O) groups is 1. The molecule has 0 spiro atoms. The van der Waals surface area contributed by atoms with Crippen molar-refractivity contribution in [1.29, 1.82) is 0 Å². The van der Waals surface area contributed by atoms with Crippen LogP contribution in [0.3, 0.4) is 0 Å². The molecule has 0 aliphatic heterocycles. The number of nitrogens with zero attached hydrogens (tertiary/aromatic N) is 2. The van der Waals surface area contributed by atoms with Crippen molar-refractivity contribution in [3.05, 3.63) is 71.0 Å². The van der Waals surface area contributed by atoms with Gasteiger partial charge in [0.25, 0.3) is 0 Å². The number of halogens is 1. The van der Waals surface area contributed by atoms with Gasteiger partial charge in [-0.3, -0.25) is 0 Å². The molecule has 26 heavy (non-hydrogen) atoms. The van der Waals surface area contributed by atoms with Crippen LogP contribution in [0.1, 0.15) is 6.92 Å². The van der Waals surface area contributed by atoms with E-state index in [0.29, 0.717) is 34.2 Å². The van der Waals surface area contributed by atoms with Gasteiger partial charge >= 0.3 is 6.03 Å². The lowest BCUT2D eigenvalue weighted by molar-refractivity contribution is 0.259. The number of aromatic amines is 1. The summed E-state index contributed by atoms with van der Waals surface area (Å²) in [6.07, 6.45) is 0. The fourth-order valence-electron chi connectivity index (χ4n) is 2.33. The third kappa shape index (κ3) is 4.29. The molecule has 0 aliphatic rings. The van der Waals surface area contributed by atoms with Crippen LogP contribution in [0.25, 0.3) is 11.3 Å². The number of anilines is 1. The number of H-pyrrole nitrogens is 1. The van der Waals surface area contributed by atoms with Crippen LogP contribution >= 0.6 is 11.6 Å². The van der Waals surface area contributed by atoms with Crippen molar-refractivity contribution >= 4 is 23.3 Å². The van der Waals surface area contributed by atoms with Crippen molar-refractivity contribution in [2.24, 2.45) is 4.99 Å². The number of rotatable bonds is 4. The van der Waals surface area contributed by atoms with Gasteiger partial charge in [-0.05, 0) is 19.1 Å². The number of benzene rings is 2. The quantitative estimate of drug-likeness (QED) is 0.722. The molecular formula is C19H17ClN4O2. The molecule has 0 saturated carbocycles. The minimum Gasteiger partial charge on any atom is -0.478 e. The maximum atomic E-state index is 12.4. The second-order valence-electron chi connectivity index (χ2n) is 5.29. The normalized spacial score (nSPS) is 11.2. The van der Waals surface area contributed by atoms with Crippen LogP contribution in [0.5, 0.6) is 5.88 Å². The highest BCUT2D eigenvalue weighted by Gasteiger charge is 2.08. The number of para-hydroxylation sites is 1. The van der Waals surface area contributed by atoms with E-state index in [-0.39, 0.29) is 0 Å². The number of amides is 2. The Kier molecular flexibility index (Phi) is 5.66. The Labute approximate surface area is 155 Å². The Balaban J connectivity index is 2.00. The number of nitrogens with one attached hydrogen (secondary N) is 2. The molecule has 1 aromatic heterocycles. The van der Waals surface area contributed by atoms with Crippen molar-refractivity contribution < 1.29 is 9.53 Å². The molecule has 0 atom stereocenters. The van der Waals surface area contributed by atoms with Gasteiger partial charge in [-0.2, -0.15) is 10.1 Å². The number of urea groups is 1. The highest BCUT2D eigenvalue weighted by Crippen LogP contribution is 2.20. The molecule has 7 heteroatoms. The zero-order chi connectivity index (χ0) is 18.4. The Hall–Kier alpha value is -3.12. The molecular weight excluding hydrogens is 352 g/mol. The molecule has 0 fully saturated rings. The van der Waals surface area contributed by atoms with Crippen LogP contribution in [-0.2, 0) is 0 Å². The van der Waals surface area contributed by atoms with Gasteiger partial charge in [-0.1, -0.05) is 54.1 Å². The van der Waals surface area contributed by atoms with E-state index in [0.717, 1.165) is 5.56 Å². The molecule has 2 N–H and O–H groups in total. The molecule has 2 aromatic carbocycles. The first-order valence-electron chi connectivity index (χ1n) is 8.05. The van der Waals surface area contributed by atoms with E-state index in [9.17, 15) is 4.79 Å². The van der Waals surface area contributed by atoms with Crippen LogP contribution in [0.15, 0.2) is 65.7 Å². The molecule has 0 saturated heterocycles. The fraction of sp³-hybridized carbons (Fsp3) is 0.105. The van der Waals surface area contributed by atoms with Crippen LogP contribution in [-0.4, -0.2) is 22.8 Å². The molecule has 0 bridgehead atoms. The zero-order valence-corrected chi connectivity index (χ0v) is 14.8. The van der Waals surface area contributed by atoms with Crippen molar-refractivity contribution in [3.8, 4) is 17.1 Å². The summed E-state index contributed by atoms with van der Waals surface area (Å²) in [5.41, 5.74) is 1.86. The van der Waals surface area contributed by atoms with Crippen molar-refractivity contribution in [2.45, 2.75) is 6.92 Å². The molecule has 6 nitrogen and oxygen atoms in total. The fourth-order valence-corrected chi connectivity index (χ4v) is 2.51. The predicted octanol–water partition coefficient (Wildman–Crippen LogP) is 4.26. The van der Waals surface area contributed by atoms with Crippen molar-refractivity contribution in [2.75, 3.05) is 11.9 Å². The molecule has 0 radical (unpaired) electrons. The Bertz CT molecular complexity index is 971. The number of hydrogen-bond donors (Lipinski definition) is 2. The molecule has 0 aliphatic carbocycles. The smallest absolute Gasteiger partial charge is 0.346 e. The predicted molar refractivity (Wildman–Crippen MR) is 101 cm³/mol. The highest BCUT2D eigenvalue weighted by molar-refractivity contribution is 6.33. The van der Waals surface area contributed by atoms with Gasteiger partial charge in [0, 0.05) is 11.6 Å². The third-order valence-electron chi connectivity index (χ3n) is 3.47. The Morgan fingerprint density at radius 1 is 1.19 bits per heavy atom. The first kappa shape index (κ1) is 17.7. The molecule has 3 rings (SSSR count). The Morgan fingerprint density at radius 3 is 2.65 bits per heavy atom. The van der Waals surface area contributed by atoms with E-state index in [1.54, 1.807) is 30.3 Å². The summed E-state index contributed by atoms with van der Waals surface area (Å²) in [5, 5.41) is 10.6. The monoisotopic (exact) mass is 368 g/mol. The van der Waals surface area contributed by atoms with Crippen LogP contribution in [0.4, 0.5) is 10.5 Å². The summed E-state index contributed by atoms with van der Waals surface area (Å²) in [5.74, 6) is 0.427. The largest absolute Gasteiger partial charge is 0.478 e. The van der Waals surface area contributed by atoms with Gasteiger partial charge in [-0.25, -0.2) is 9.89 Å². The second-order valence-corrected chi connectivity index (χ2v) is 5.69. The second kappa shape index (κ2) is 8.31. The van der Waals surface area contributed by atoms with E-state index < -0.39 is 6.03 Å². The van der Waals surface area contributed by atoms with E-state index in [1.165, 1.54) is 0 Å². The number of ether oxygens (including phenoxy) is 1. The first-order chi connectivity index (χ1) is 12.7. The highest BCUT2D eigenvalue weighted by atomic mass is 35.5. The summed E-state index contributed by atoms with van der Waals surface area (Å²) in [7, 11) is 0. The van der Waals surface area contributed by atoms with Crippen LogP contribution in [0, 0.1) is 0 Å². The Morgan fingerprint density at radius 2 is 1.92 bits per heavy atom. The number of hydrogen-bond acceptors (Lipinski definition) is 3. The number of carbonyl (C=O) groups excluding carboxylic acids is 1. The van der Waals surface area contributed by atoms with Gasteiger partial charge in [0.1, 0.15) is 11.1 Å². The molecule has 3 aromatic rings. The van der Waals surface area contributed by atoms with E-state index >= 15 is 0 Å². The number of aromatic nitrogens is 2. The average molecular weight is 369 g/mol. The van der Waals surface area contributed by atoms with E-state index in [4.69, 9.17) is 16.3 Å². The summed E-state index contributed by atoms with van der Waals surface area (Å²) in [6.45, 7) is 2.33. The zero-order valence-electron chi connectivity index (χ0n) is 14.1. The maximum Gasteiger partial charge on any atom is 0.346 e. The molecule has 132 valence electrons. The minimum atomic E-state index is -0.550. The van der Waals surface area contributed by atoms with Crippen LogP contribution in [0.2, 0.25) is 5.02 Å². The SMILES string of the molecule is CCOc1cc(=NC(=O)Nc2ccccc2Cl)c(-c2ccccc2)n[nH]1. The molecule has 1 heterocycles. The first-order valence-corrected chi connectivity index (χ1v) is 8.43. The topological polar surface area (TPSA) is 79.4 Å². The summed E-state index contributed by atoms with van der Waals surface area (Å²) in [4.78, 5) is 16.5. The van der Waals surface area contributed by atoms with Gasteiger partial charge in [0.2, 0.25) is 5.88 Å². The van der Waals surface area contributed by atoms with Gasteiger partial charge < -0.3 is 10.1 Å². The van der Waals surface area contributed by atoms with Gasteiger partial charge in [-0.15, -0.1) is 0 Å². The average Bonchev–Trinajstić information content (AvgIpc) is 2.65. The lowest BCUT2D eigenvalue weighted by Gasteiger charge is -2.07. The van der Waals surface area contributed by atoms with Gasteiger partial charge in [0.05, 0.1) is 17.3 Å². The maximum absolute atomic E-state index is 12.4. The standard InChI is InChI=1S/C19H17ClN4O2/c1-2-26-17-12-16(18(24-23-17)13-8-4-3-5-9-13)22-19(25)21-15-11-7-6-10-14(15)20/h3-12H,2H2,1H3,(H2,21,22,23,25). The summed E-state index contributed by atoms with van der Waals surface area (Å²) >= 11 is 6.07. The third-order valence-corrected chi connectivity index (χ3v) is 3.80. The lowest BCUT2D eigenvalue weighted by Crippen LogP contribution is -2.17.